The maximum absolute atomic E-state index is 12.1. The molecule has 0 atom stereocenters. The number of aliphatic carboxylic acids is 1. The van der Waals surface area contributed by atoms with Crippen LogP contribution in [-0.4, -0.2) is 53.1 Å². The maximum atomic E-state index is 12.1. The van der Waals surface area contributed by atoms with E-state index in [4.69, 9.17) is 5.11 Å². The van der Waals surface area contributed by atoms with Crippen molar-refractivity contribution in [1.82, 2.24) is 14.8 Å². The van der Waals surface area contributed by atoms with E-state index in [1.807, 2.05) is 0 Å². The zero-order valence-corrected chi connectivity index (χ0v) is 11.7. The van der Waals surface area contributed by atoms with E-state index in [2.05, 4.69) is 17.3 Å². The Hall–Kier alpha value is -1.82. The SMILES string of the molecule is CN1CCC(CNC(=O)c2cccn2CC(=O)O)CC1. The van der Waals surface area contributed by atoms with Crippen molar-refractivity contribution < 1.29 is 14.7 Å². The summed E-state index contributed by atoms with van der Waals surface area (Å²) in [5, 5.41) is 11.7. The average Bonchev–Trinajstić information content (AvgIpc) is 2.85. The fraction of sp³-hybridized carbons (Fsp3) is 0.571. The number of carbonyl (C=O) groups is 2. The van der Waals surface area contributed by atoms with Gasteiger partial charge in [0.1, 0.15) is 12.2 Å². The second kappa shape index (κ2) is 6.56. The van der Waals surface area contributed by atoms with Gasteiger partial charge in [-0.2, -0.15) is 0 Å². The van der Waals surface area contributed by atoms with Gasteiger partial charge >= 0.3 is 5.97 Å². The van der Waals surface area contributed by atoms with E-state index in [9.17, 15) is 9.59 Å². The van der Waals surface area contributed by atoms with Crippen molar-refractivity contribution in [2.75, 3.05) is 26.7 Å². The van der Waals surface area contributed by atoms with Crippen molar-refractivity contribution in [3.8, 4) is 0 Å². The fourth-order valence-corrected chi connectivity index (χ4v) is 2.50. The molecule has 1 aromatic rings. The lowest BCUT2D eigenvalue weighted by atomic mass is 9.97. The highest BCUT2D eigenvalue weighted by molar-refractivity contribution is 5.93. The molecule has 2 heterocycles. The lowest BCUT2D eigenvalue weighted by molar-refractivity contribution is -0.137. The van der Waals surface area contributed by atoms with E-state index in [1.165, 1.54) is 4.57 Å². The molecular weight excluding hydrogens is 258 g/mol. The Balaban J connectivity index is 1.86. The van der Waals surface area contributed by atoms with E-state index in [1.54, 1.807) is 18.3 Å². The zero-order chi connectivity index (χ0) is 14.5. The molecule has 6 heteroatoms. The average molecular weight is 279 g/mol. The van der Waals surface area contributed by atoms with E-state index in [0.717, 1.165) is 25.9 Å². The predicted octanol–water partition coefficient (Wildman–Crippen LogP) is 0.644. The maximum Gasteiger partial charge on any atom is 0.323 e. The van der Waals surface area contributed by atoms with Gasteiger partial charge in [-0.1, -0.05) is 0 Å². The van der Waals surface area contributed by atoms with E-state index >= 15 is 0 Å². The summed E-state index contributed by atoms with van der Waals surface area (Å²) >= 11 is 0. The van der Waals surface area contributed by atoms with E-state index in [-0.39, 0.29) is 12.5 Å². The van der Waals surface area contributed by atoms with Crippen LogP contribution in [0.15, 0.2) is 18.3 Å². The van der Waals surface area contributed by atoms with Crippen LogP contribution in [-0.2, 0) is 11.3 Å². The van der Waals surface area contributed by atoms with Crippen LogP contribution in [0.4, 0.5) is 0 Å². The molecule has 0 unspecified atom stereocenters. The lowest BCUT2D eigenvalue weighted by Gasteiger charge is -2.28. The first-order chi connectivity index (χ1) is 9.56. The van der Waals surface area contributed by atoms with Crippen molar-refractivity contribution >= 4 is 11.9 Å². The summed E-state index contributed by atoms with van der Waals surface area (Å²) in [6, 6.07) is 3.33. The Kier molecular flexibility index (Phi) is 4.79. The number of carboxylic acid groups (broad SMARTS) is 1. The van der Waals surface area contributed by atoms with Crippen molar-refractivity contribution in [3.63, 3.8) is 0 Å². The molecule has 1 aliphatic heterocycles. The molecule has 0 aliphatic carbocycles. The molecule has 6 nitrogen and oxygen atoms in total. The summed E-state index contributed by atoms with van der Waals surface area (Å²) in [4.78, 5) is 25.1. The van der Waals surface area contributed by atoms with Crippen LogP contribution < -0.4 is 5.32 Å². The minimum Gasteiger partial charge on any atom is -0.480 e. The normalized spacial score (nSPS) is 17.1. The molecule has 0 radical (unpaired) electrons. The molecule has 1 aliphatic rings. The second-order valence-electron chi connectivity index (χ2n) is 5.37. The van der Waals surface area contributed by atoms with E-state index in [0.29, 0.717) is 18.2 Å². The van der Waals surface area contributed by atoms with Crippen molar-refractivity contribution in [2.24, 2.45) is 5.92 Å². The minimum atomic E-state index is -0.953. The number of rotatable bonds is 5. The van der Waals surface area contributed by atoms with Gasteiger partial charge in [-0.05, 0) is 51.0 Å². The summed E-state index contributed by atoms with van der Waals surface area (Å²) in [6.07, 6.45) is 3.79. The largest absolute Gasteiger partial charge is 0.480 e. The Morgan fingerprint density at radius 2 is 2.10 bits per heavy atom. The molecule has 0 saturated carbocycles. The Bertz CT molecular complexity index is 476. The van der Waals surface area contributed by atoms with Gasteiger partial charge in [-0.15, -0.1) is 0 Å². The highest BCUT2D eigenvalue weighted by Crippen LogP contribution is 2.15. The molecular formula is C14H21N3O3. The van der Waals surface area contributed by atoms with Crippen LogP contribution in [0.1, 0.15) is 23.3 Å². The topological polar surface area (TPSA) is 74.6 Å². The third kappa shape index (κ3) is 3.84. The van der Waals surface area contributed by atoms with Gasteiger partial charge in [0, 0.05) is 12.7 Å². The number of nitrogens with zero attached hydrogens (tertiary/aromatic N) is 2. The first-order valence-corrected chi connectivity index (χ1v) is 6.90. The van der Waals surface area contributed by atoms with Gasteiger partial charge in [-0.25, -0.2) is 0 Å². The monoisotopic (exact) mass is 279 g/mol. The standard InChI is InChI=1S/C14H21N3O3/c1-16-7-4-11(5-8-16)9-15-14(20)12-3-2-6-17(12)10-13(18)19/h2-3,6,11H,4-5,7-10H2,1H3,(H,15,20)(H,18,19). The minimum absolute atomic E-state index is 0.190. The zero-order valence-electron chi connectivity index (χ0n) is 11.7. The molecule has 2 rings (SSSR count). The predicted molar refractivity (Wildman–Crippen MR) is 74.6 cm³/mol. The number of carboxylic acids is 1. The van der Waals surface area contributed by atoms with Gasteiger partial charge in [0.05, 0.1) is 0 Å². The number of hydrogen-bond donors (Lipinski definition) is 2. The first kappa shape index (κ1) is 14.6. The molecule has 2 N–H and O–H groups in total. The van der Waals surface area contributed by atoms with Gasteiger partial charge in [0.2, 0.25) is 0 Å². The van der Waals surface area contributed by atoms with Crippen LogP contribution in [0.5, 0.6) is 0 Å². The molecule has 110 valence electrons. The van der Waals surface area contributed by atoms with Crippen molar-refractivity contribution in [3.05, 3.63) is 24.0 Å². The van der Waals surface area contributed by atoms with Crippen molar-refractivity contribution in [1.29, 1.82) is 0 Å². The van der Waals surface area contributed by atoms with Gasteiger partial charge in [0.15, 0.2) is 0 Å². The van der Waals surface area contributed by atoms with Gasteiger partial charge < -0.3 is 19.9 Å². The fourth-order valence-electron chi connectivity index (χ4n) is 2.50. The van der Waals surface area contributed by atoms with Crippen LogP contribution in [0, 0.1) is 5.92 Å². The van der Waals surface area contributed by atoms with Crippen LogP contribution in [0.3, 0.4) is 0 Å². The highest BCUT2D eigenvalue weighted by Gasteiger charge is 2.18. The number of amides is 1. The summed E-state index contributed by atoms with van der Waals surface area (Å²) < 4.78 is 1.45. The molecule has 1 amide bonds. The summed E-state index contributed by atoms with van der Waals surface area (Å²) in [5.74, 6) is -0.640. The first-order valence-electron chi connectivity index (χ1n) is 6.90. The van der Waals surface area contributed by atoms with Crippen LogP contribution in [0.2, 0.25) is 0 Å². The molecule has 0 aromatic carbocycles. The number of carbonyl (C=O) groups excluding carboxylic acids is 1. The highest BCUT2D eigenvalue weighted by atomic mass is 16.4. The van der Waals surface area contributed by atoms with E-state index < -0.39 is 5.97 Å². The molecule has 1 aromatic heterocycles. The molecule has 1 fully saturated rings. The smallest absolute Gasteiger partial charge is 0.323 e. The molecule has 20 heavy (non-hydrogen) atoms. The van der Waals surface area contributed by atoms with Crippen LogP contribution in [0.25, 0.3) is 0 Å². The molecule has 1 saturated heterocycles. The third-order valence-corrected chi connectivity index (χ3v) is 3.76. The van der Waals surface area contributed by atoms with Gasteiger partial charge in [-0.3, -0.25) is 9.59 Å². The lowest BCUT2D eigenvalue weighted by Crippen LogP contribution is -2.37. The third-order valence-electron chi connectivity index (χ3n) is 3.76. The number of aromatic nitrogens is 1. The Morgan fingerprint density at radius 3 is 2.75 bits per heavy atom. The summed E-state index contributed by atoms with van der Waals surface area (Å²) in [6.45, 7) is 2.60. The molecule has 0 bridgehead atoms. The number of likely N-dealkylation sites (tertiary alicyclic amines) is 1. The Morgan fingerprint density at radius 1 is 1.40 bits per heavy atom. The summed E-state index contributed by atoms with van der Waals surface area (Å²) in [5.41, 5.74) is 0.403. The Labute approximate surface area is 118 Å². The second-order valence-corrected chi connectivity index (χ2v) is 5.37. The summed E-state index contributed by atoms with van der Waals surface area (Å²) in [7, 11) is 2.10. The number of nitrogens with one attached hydrogen (secondary N) is 1. The number of piperidine rings is 1. The van der Waals surface area contributed by atoms with Gasteiger partial charge in [0.25, 0.3) is 5.91 Å². The van der Waals surface area contributed by atoms with Crippen molar-refractivity contribution in [2.45, 2.75) is 19.4 Å². The quantitative estimate of drug-likeness (QED) is 0.829. The number of hydrogen-bond acceptors (Lipinski definition) is 3. The van der Waals surface area contributed by atoms with Crippen LogP contribution >= 0.6 is 0 Å². The molecule has 0 spiro atoms.